The van der Waals surface area contributed by atoms with E-state index < -0.39 is 0 Å². The molecule has 18 heavy (non-hydrogen) atoms. The average molecular weight is 325 g/mol. The van der Waals surface area contributed by atoms with Crippen LogP contribution >= 0.6 is 27.5 Å². The lowest BCUT2D eigenvalue weighted by Crippen LogP contribution is -2.12. The lowest BCUT2D eigenvalue weighted by Gasteiger charge is -2.06. The maximum Gasteiger partial charge on any atom is 0.0474 e. The highest BCUT2D eigenvalue weighted by Gasteiger charge is 1.96. The summed E-state index contributed by atoms with van der Waals surface area (Å²) in [5.41, 5.74) is 3.72. The van der Waals surface area contributed by atoms with Crippen molar-refractivity contribution in [3.63, 3.8) is 0 Å². The highest BCUT2D eigenvalue weighted by atomic mass is 79.9. The van der Waals surface area contributed by atoms with Gasteiger partial charge < -0.3 is 5.32 Å². The Hall–Kier alpha value is -0.830. The summed E-state index contributed by atoms with van der Waals surface area (Å²) < 4.78 is 1.11. The summed E-state index contributed by atoms with van der Waals surface area (Å²) in [6.07, 6.45) is 0. The minimum Gasteiger partial charge on any atom is -0.309 e. The standard InChI is InChI=1S/C15H15BrClN/c16-15-6-4-12(5-7-15)10-18-11-14-3-1-2-13(8-14)9-17/h1-8,18H,9-11H2. The van der Waals surface area contributed by atoms with E-state index in [-0.39, 0.29) is 0 Å². The van der Waals surface area contributed by atoms with E-state index in [1.54, 1.807) is 0 Å². The molecular formula is C15H15BrClN. The van der Waals surface area contributed by atoms with Crippen LogP contribution in [0.1, 0.15) is 16.7 Å². The van der Waals surface area contributed by atoms with E-state index in [2.05, 4.69) is 57.6 Å². The zero-order valence-corrected chi connectivity index (χ0v) is 12.3. The van der Waals surface area contributed by atoms with Gasteiger partial charge in [-0.05, 0) is 28.8 Å². The molecule has 0 radical (unpaired) electrons. The number of nitrogens with one attached hydrogen (secondary N) is 1. The Morgan fingerprint density at radius 1 is 0.889 bits per heavy atom. The zero-order chi connectivity index (χ0) is 12.8. The average Bonchev–Trinajstić information content (AvgIpc) is 2.41. The van der Waals surface area contributed by atoms with Gasteiger partial charge in [-0.1, -0.05) is 52.3 Å². The molecule has 2 rings (SSSR count). The van der Waals surface area contributed by atoms with Crippen molar-refractivity contribution in [2.45, 2.75) is 19.0 Å². The van der Waals surface area contributed by atoms with Crippen LogP contribution in [0.15, 0.2) is 53.0 Å². The predicted molar refractivity (Wildman–Crippen MR) is 80.7 cm³/mol. The summed E-state index contributed by atoms with van der Waals surface area (Å²) in [5, 5.41) is 3.43. The highest BCUT2D eigenvalue weighted by molar-refractivity contribution is 9.10. The fourth-order valence-electron chi connectivity index (χ4n) is 1.78. The number of hydrogen-bond donors (Lipinski definition) is 1. The molecule has 0 amide bonds. The van der Waals surface area contributed by atoms with Crippen LogP contribution in [-0.2, 0) is 19.0 Å². The first-order valence-electron chi connectivity index (χ1n) is 5.87. The molecule has 2 aromatic rings. The molecule has 3 heteroatoms. The first-order valence-corrected chi connectivity index (χ1v) is 7.19. The minimum atomic E-state index is 0.570. The maximum absolute atomic E-state index is 5.82. The molecule has 0 fully saturated rings. The van der Waals surface area contributed by atoms with E-state index in [9.17, 15) is 0 Å². The van der Waals surface area contributed by atoms with Gasteiger partial charge in [-0.2, -0.15) is 0 Å². The SMILES string of the molecule is ClCc1cccc(CNCc2ccc(Br)cc2)c1. The molecule has 0 spiro atoms. The maximum atomic E-state index is 5.82. The van der Waals surface area contributed by atoms with Crippen LogP contribution in [0.4, 0.5) is 0 Å². The predicted octanol–water partition coefficient (Wildman–Crippen LogP) is 4.48. The van der Waals surface area contributed by atoms with Crippen molar-refractivity contribution >= 4 is 27.5 Å². The van der Waals surface area contributed by atoms with E-state index in [1.807, 2.05) is 12.1 Å². The molecule has 0 bridgehead atoms. The number of hydrogen-bond acceptors (Lipinski definition) is 1. The van der Waals surface area contributed by atoms with E-state index >= 15 is 0 Å². The Morgan fingerprint density at radius 2 is 1.56 bits per heavy atom. The molecule has 0 aromatic heterocycles. The third kappa shape index (κ3) is 4.13. The monoisotopic (exact) mass is 323 g/mol. The van der Waals surface area contributed by atoms with Crippen LogP contribution in [0, 0.1) is 0 Å². The van der Waals surface area contributed by atoms with Gasteiger partial charge in [0.2, 0.25) is 0 Å². The molecule has 0 aliphatic heterocycles. The number of benzene rings is 2. The Morgan fingerprint density at radius 3 is 2.28 bits per heavy atom. The first kappa shape index (κ1) is 13.6. The van der Waals surface area contributed by atoms with Crippen molar-refractivity contribution in [3.8, 4) is 0 Å². The normalized spacial score (nSPS) is 10.6. The molecule has 0 saturated carbocycles. The number of alkyl halides is 1. The van der Waals surface area contributed by atoms with E-state index in [0.29, 0.717) is 5.88 Å². The van der Waals surface area contributed by atoms with Gasteiger partial charge in [0.05, 0.1) is 0 Å². The largest absolute Gasteiger partial charge is 0.309 e. The van der Waals surface area contributed by atoms with E-state index in [4.69, 9.17) is 11.6 Å². The van der Waals surface area contributed by atoms with Gasteiger partial charge in [-0.15, -0.1) is 11.6 Å². The second kappa shape index (κ2) is 6.93. The molecule has 0 atom stereocenters. The first-order chi connectivity index (χ1) is 8.78. The lowest BCUT2D eigenvalue weighted by atomic mass is 10.1. The van der Waals surface area contributed by atoms with Crippen LogP contribution in [0.25, 0.3) is 0 Å². The smallest absolute Gasteiger partial charge is 0.0474 e. The van der Waals surface area contributed by atoms with E-state index in [0.717, 1.165) is 17.6 Å². The van der Waals surface area contributed by atoms with Crippen molar-refractivity contribution in [2.75, 3.05) is 0 Å². The molecule has 1 nitrogen and oxygen atoms in total. The topological polar surface area (TPSA) is 12.0 Å². The molecule has 94 valence electrons. The second-order valence-electron chi connectivity index (χ2n) is 4.18. The molecule has 0 aliphatic carbocycles. The summed E-state index contributed by atoms with van der Waals surface area (Å²) in [6, 6.07) is 16.7. The highest BCUT2D eigenvalue weighted by Crippen LogP contribution is 2.11. The molecule has 2 aromatic carbocycles. The Labute approximate surface area is 121 Å². The Balaban J connectivity index is 1.86. The van der Waals surface area contributed by atoms with Gasteiger partial charge in [-0.25, -0.2) is 0 Å². The van der Waals surface area contributed by atoms with Gasteiger partial charge in [-0.3, -0.25) is 0 Å². The van der Waals surface area contributed by atoms with Crippen LogP contribution in [0.3, 0.4) is 0 Å². The summed E-state index contributed by atoms with van der Waals surface area (Å²) in [4.78, 5) is 0. The van der Waals surface area contributed by atoms with Crippen molar-refractivity contribution in [1.82, 2.24) is 5.32 Å². The van der Waals surface area contributed by atoms with Crippen LogP contribution in [0.5, 0.6) is 0 Å². The summed E-state index contributed by atoms with van der Waals surface area (Å²) in [5.74, 6) is 0.570. The van der Waals surface area contributed by atoms with Crippen molar-refractivity contribution in [3.05, 3.63) is 69.7 Å². The molecule has 0 saturated heterocycles. The molecule has 0 unspecified atom stereocenters. The molecule has 1 N–H and O–H groups in total. The van der Waals surface area contributed by atoms with Gasteiger partial charge in [0.15, 0.2) is 0 Å². The molecule has 0 heterocycles. The number of halogens is 2. The third-order valence-corrected chi connectivity index (χ3v) is 3.55. The fraction of sp³-hybridized carbons (Fsp3) is 0.200. The van der Waals surface area contributed by atoms with Gasteiger partial charge in [0.1, 0.15) is 0 Å². The Bertz CT molecular complexity index is 496. The zero-order valence-electron chi connectivity index (χ0n) is 10.00. The van der Waals surface area contributed by atoms with E-state index in [1.165, 1.54) is 16.7 Å². The van der Waals surface area contributed by atoms with Crippen LogP contribution in [0.2, 0.25) is 0 Å². The van der Waals surface area contributed by atoms with Crippen LogP contribution in [-0.4, -0.2) is 0 Å². The Kier molecular flexibility index (Phi) is 5.24. The van der Waals surface area contributed by atoms with Crippen molar-refractivity contribution in [1.29, 1.82) is 0 Å². The van der Waals surface area contributed by atoms with Gasteiger partial charge in [0.25, 0.3) is 0 Å². The summed E-state index contributed by atoms with van der Waals surface area (Å²) >= 11 is 9.25. The molecule has 0 aliphatic rings. The minimum absolute atomic E-state index is 0.570. The third-order valence-electron chi connectivity index (χ3n) is 2.72. The van der Waals surface area contributed by atoms with Crippen molar-refractivity contribution in [2.24, 2.45) is 0 Å². The quantitative estimate of drug-likeness (QED) is 0.800. The van der Waals surface area contributed by atoms with Crippen molar-refractivity contribution < 1.29 is 0 Å². The van der Waals surface area contributed by atoms with Crippen LogP contribution < -0.4 is 5.32 Å². The lowest BCUT2D eigenvalue weighted by molar-refractivity contribution is 0.693. The van der Waals surface area contributed by atoms with Gasteiger partial charge >= 0.3 is 0 Å². The molecular weight excluding hydrogens is 310 g/mol. The fourth-order valence-corrected chi connectivity index (χ4v) is 2.21. The van der Waals surface area contributed by atoms with Gasteiger partial charge in [0, 0.05) is 23.4 Å². The number of rotatable bonds is 5. The second-order valence-corrected chi connectivity index (χ2v) is 5.37. The summed E-state index contributed by atoms with van der Waals surface area (Å²) in [6.45, 7) is 1.74. The summed E-state index contributed by atoms with van der Waals surface area (Å²) in [7, 11) is 0.